The largest absolute Gasteiger partial charge is 0.368 e. The number of aliphatic hydroxyl groups is 1. The minimum absolute atomic E-state index is 0.0531. The number of hydrogen-bond donors (Lipinski definition) is 1. The molecule has 0 amide bonds. The van der Waals surface area contributed by atoms with Gasteiger partial charge in [0.2, 0.25) is 0 Å². The van der Waals surface area contributed by atoms with Gasteiger partial charge in [0.05, 0.1) is 6.10 Å². The molecule has 3 saturated carbocycles. The van der Waals surface area contributed by atoms with Crippen LogP contribution < -0.4 is 0 Å². The molecule has 1 aliphatic heterocycles. The average molecular weight is 455 g/mol. The summed E-state index contributed by atoms with van der Waals surface area (Å²) in [6.45, 7) is 16.2. The van der Waals surface area contributed by atoms with E-state index in [0.717, 1.165) is 25.7 Å². The van der Waals surface area contributed by atoms with Crippen LogP contribution in [-0.2, 0) is 9.53 Å². The quantitative estimate of drug-likeness (QED) is 0.464. The number of ether oxygens (including phenoxy) is 1. The van der Waals surface area contributed by atoms with Gasteiger partial charge in [-0.2, -0.15) is 0 Å². The molecule has 0 aromatic heterocycles. The van der Waals surface area contributed by atoms with Crippen LogP contribution >= 0.6 is 0 Å². The summed E-state index contributed by atoms with van der Waals surface area (Å²) >= 11 is 0. The smallest absolute Gasteiger partial charge is 0.158 e. The van der Waals surface area contributed by atoms with Crippen molar-refractivity contribution in [3.05, 3.63) is 23.3 Å². The molecule has 0 spiro atoms. The Morgan fingerprint density at radius 3 is 2.52 bits per heavy atom. The summed E-state index contributed by atoms with van der Waals surface area (Å²) in [5.74, 6) is 2.26. The molecule has 3 nitrogen and oxygen atoms in total. The Morgan fingerprint density at radius 1 is 1.09 bits per heavy atom. The van der Waals surface area contributed by atoms with Crippen molar-refractivity contribution in [2.75, 3.05) is 0 Å². The van der Waals surface area contributed by atoms with E-state index in [-0.39, 0.29) is 33.7 Å². The number of ketones is 1. The van der Waals surface area contributed by atoms with Gasteiger partial charge in [-0.3, -0.25) is 4.79 Å². The third-order valence-corrected chi connectivity index (χ3v) is 11.9. The fraction of sp³-hybridized carbons (Fsp3) is 0.833. The fourth-order valence-electron chi connectivity index (χ4n) is 9.80. The molecule has 0 unspecified atom stereocenters. The van der Waals surface area contributed by atoms with Gasteiger partial charge >= 0.3 is 0 Å². The maximum Gasteiger partial charge on any atom is 0.158 e. The van der Waals surface area contributed by atoms with Crippen molar-refractivity contribution in [2.24, 2.45) is 45.3 Å². The number of allylic oxidation sites excluding steroid dienone is 3. The first kappa shape index (κ1) is 23.8. The molecule has 0 radical (unpaired) electrons. The lowest BCUT2D eigenvalue weighted by molar-refractivity contribution is -0.147. The maximum absolute atomic E-state index is 12.8. The van der Waals surface area contributed by atoms with E-state index < -0.39 is 6.29 Å². The zero-order valence-electron chi connectivity index (χ0n) is 22.0. The average Bonchev–Trinajstić information content (AvgIpc) is 3.20. The van der Waals surface area contributed by atoms with Crippen LogP contribution in [0.15, 0.2) is 23.3 Å². The molecule has 0 aromatic rings. The number of Topliss-reactive ketones (excluding diaryl/α,β-unsaturated/α-hetero) is 1. The lowest BCUT2D eigenvalue weighted by Gasteiger charge is -2.63. The van der Waals surface area contributed by atoms with E-state index in [4.69, 9.17) is 4.74 Å². The van der Waals surface area contributed by atoms with Crippen LogP contribution in [0.2, 0.25) is 0 Å². The van der Waals surface area contributed by atoms with E-state index in [9.17, 15) is 9.90 Å². The second-order valence-corrected chi connectivity index (χ2v) is 13.8. The molecule has 9 atom stereocenters. The van der Waals surface area contributed by atoms with Gasteiger partial charge in [0.25, 0.3) is 0 Å². The summed E-state index contributed by atoms with van der Waals surface area (Å²) in [5.41, 5.74) is 3.38. The van der Waals surface area contributed by atoms with Crippen LogP contribution in [0.4, 0.5) is 0 Å². The number of carbonyl (C=O) groups is 1. The monoisotopic (exact) mass is 454 g/mol. The number of hydrogen-bond acceptors (Lipinski definition) is 3. The Labute approximate surface area is 201 Å². The number of carbonyl (C=O) groups excluding carboxylic acids is 1. The van der Waals surface area contributed by atoms with E-state index in [1.54, 1.807) is 5.57 Å². The minimum Gasteiger partial charge on any atom is -0.368 e. The van der Waals surface area contributed by atoms with Crippen molar-refractivity contribution in [3.63, 3.8) is 0 Å². The summed E-state index contributed by atoms with van der Waals surface area (Å²) in [4.78, 5) is 12.8. The van der Waals surface area contributed by atoms with Gasteiger partial charge in [0, 0.05) is 17.8 Å². The molecule has 3 heteroatoms. The van der Waals surface area contributed by atoms with Gasteiger partial charge < -0.3 is 9.84 Å². The maximum atomic E-state index is 12.8. The third kappa shape index (κ3) is 3.17. The Morgan fingerprint density at radius 2 is 1.82 bits per heavy atom. The predicted molar refractivity (Wildman–Crippen MR) is 132 cm³/mol. The molecule has 5 aliphatic rings. The molecular formula is C30H46O3. The molecule has 4 fully saturated rings. The highest BCUT2D eigenvalue weighted by molar-refractivity contribution is 5.85. The first-order valence-electron chi connectivity index (χ1n) is 13.6. The van der Waals surface area contributed by atoms with E-state index in [1.807, 2.05) is 0 Å². The van der Waals surface area contributed by atoms with Crippen molar-refractivity contribution < 1.29 is 14.6 Å². The van der Waals surface area contributed by atoms with Crippen LogP contribution in [0, 0.1) is 45.3 Å². The molecule has 0 bridgehead atoms. The second-order valence-electron chi connectivity index (χ2n) is 13.8. The van der Waals surface area contributed by atoms with Gasteiger partial charge in [0.15, 0.2) is 6.29 Å². The third-order valence-electron chi connectivity index (χ3n) is 11.9. The van der Waals surface area contributed by atoms with E-state index in [2.05, 4.69) is 60.6 Å². The Bertz CT molecular complexity index is 894. The van der Waals surface area contributed by atoms with E-state index in [1.165, 1.54) is 31.3 Å². The molecule has 1 N–H and O–H groups in total. The standard InChI is InChI=1S/C30H46O3/c1-18(2)16-19-17-20(26(32)33-19)21-10-14-30(7)23-8-9-24-27(3,4)25(31)12-13-28(24,5)22(23)11-15-29(21,30)6/h8,16,19-22,24,26,32H,9-15,17H2,1-7H3/t19-,20-,21-,22-,24-,26+,28+,29-,30+/m0/s1. The zero-order chi connectivity index (χ0) is 24.0. The van der Waals surface area contributed by atoms with Crippen molar-refractivity contribution in [3.8, 4) is 0 Å². The zero-order valence-corrected chi connectivity index (χ0v) is 22.0. The van der Waals surface area contributed by atoms with Crippen LogP contribution in [0.25, 0.3) is 0 Å². The van der Waals surface area contributed by atoms with Crippen molar-refractivity contribution >= 4 is 5.78 Å². The summed E-state index contributed by atoms with van der Waals surface area (Å²) in [7, 11) is 0. The summed E-state index contributed by atoms with van der Waals surface area (Å²) in [5, 5.41) is 10.9. The van der Waals surface area contributed by atoms with Gasteiger partial charge in [0.1, 0.15) is 5.78 Å². The summed E-state index contributed by atoms with van der Waals surface area (Å²) in [6.07, 6.45) is 12.8. The van der Waals surface area contributed by atoms with Crippen LogP contribution in [0.3, 0.4) is 0 Å². The van der Waals surface area contributed by atoms with Gasteiger partial charge in [-0.1, -0.05) is 57.9 Å². The predicted octanol–water partition coefficient (Wildman–Crippen LogP) is 6.85. The summed E-state index contributed by atoms with van der Waals surface area (Å²) < 4.78 is 6.01. The van der Waals surface area contributed by atoms with Crippen LogP contribution in [-0.4, -0.2) is 23.3 Å². The van der Waals surface area contributed by atoms with Gasteiger partial charge in [-0.15, -0.1) is 0 Å². The number of rotatable bonds is 2. The van der Waals surface area contributed by atoms with Gasteiger partial charge in [-0.05, 0) is 92.8 Å². The lowest BCUT2D eigenvalue weighted by Crippen LogP contribution is -2.57. The van der Waals surface area contributed by atoms with Crippen molar-refractivity contribution in [2.45, 2.75) is 112 Å². The first-order chi connectivity index (χ1) is 15.3. The Hall–Kier alpha value is -0.930. The molecular weight excluding hydrogens is 408 g/mol. The SMILES string of the molecule is CC(C)=C[C@H]1C[C@@H]([C@@H]2CC[C@]3(C)C4=CC[C@H]5C(C)(C)C(=O)CC[C@]5(C)[C@H]4CC[C@@]23C)[C@H](O)O1. The molecule has 1 heterocycles. The highest BCUT2D eigenvalue weighted by Crippen LogP contribution is 2.73. The molecule has 0 aromatic carbocycles. The Kier molecular flexibility index (Phi) is 5.43. The molecule has 4 aliphatic carbocycles. The summed E-state index contributed by atoms with van der Waals surface area (Å²) in [6, 6.07) is 0. The second kappa shape index (κ2) is 7.53. The fourth-order valence-corrected chi connectivity index (χ4v) is 9.80. The lowest BCUT2D eigenvalue weighted by atomic mass is 9.41. The molecule has 33 heavy (non-hydrogen) atoms. The normalized spacial score (nSPS) is 50.8. The molecule has 184 valence electrons. The minimum atomic E-state index is -0.639. The number of aliphatic hydroxyl groups excluding tert-OH is 1. The van der Waals surface area contributed by atoms with Crippen molar-refractivity contribution in [1.29, 1.82) is 0 Å². The van der Waals surface area contributed by atoms with Crippen molar-refractivity contribution in [1.82, 2.24) is 0 Å². The van der Waals surface area contributed by atoms with Crippen LogP contribution in [0.5, 0.6) is 0 Å². The topological polar surface area (TPSA) is 46.5 Å². The van der Waals surface area contributed by atoms with Crippen LogP contribution in [0.1, 0.15) is 99.8 Å². The Balaban J connectivity index is 1.47. The highest BCUT2D eigenvalue weighted by Gasteiger charge is 2.66. The van der Waals surface area contributed by atoms with E-state index >= 15 is 0 Å². The molecule has 5 rings (SSSR count). The molecule has 1 saturated heterocycles. The number of fused-ring (bicyclic) bond motifs is 5. The highest BCUT2D eigenvalue weighted by atomic mass is 16.6. The van der Waals surface area contributed by atoms with Gasteiger partial charge in [-0.25, -0.2) is 0 Å². The van der Waals surface area contributed by atoms with E-state index in [0.29, 0.717) is 23.5 Å². The first-order valence-corrected chi connectivity index (χ1v) is 13.6.